The molecular weight excluding hydrogens is 250 g/mol. The predicted octanol–water partition coefficient (Wildman–Crippen LogP) is 2.52. The van der Waals surface area contributed by atoms with Gasteiger partial charge in [0, 0.05) is 11.3 Å². The van der Waals surface area contributed by atoms with E-state index in [1.807, 2.05) is 12.3 Å². The van der Waals surface area contributed by atoms with Gasteiger partial charge in [0.1, 0.15) is 0 Å². The van der Waals surface area contributed by atoms with Gasteiger partial charge in [-0.3, -0.25) is 4.79 Å². The van der Waals surface area contributed by atoms with E-state index in [-0.39, 0.29) is 5.91 Å². The number of benzene rings is 1. The predicted molar refractivity (Wildman–Crippen MR) is 72.5 cm³/mol. The summed E-state index contributed by atoms with van der Waals surface area (Å²) in [6, 6.07) is 5.04. The van der Waals surface area contributed by atoms with Crippen molar-refractivity contribution in [2.75, 3.05) is 18.2 Å². The zero-order valence-electron chi connectivity index (χ0n) is 10.1. The van der Waals surface area contributed by atoms with Crippen molar-refractivity contribution >= 4 is 34.9 Å². The molecule has 0 atom stereocenters. The van der Waals surface area contributed by atoms with Crippen molar-refractivity contribution in [3.05, 3.63) is 34.7 Å². The third kappa shape index (κ3) is 2.26. The molecule has 0 aromatic heterocycles. The van der Waals surface area contributed by atoms with Gasteiger partial charge in [-0.15, -0.1) is 11.8 Å². The largest absolute Gasteiger partial charge is 0.465 e. The van der Waals surface area contributed by atoms with Gasteiger partial charge in [-0.05, 0) is 29.4 Å². The fraction of sp³-hybridized carbons (Fsp3) is 0.231. The molecule has 0 aliphatic carbocycles. The molecule has 1 aliphatic heterocycles. The maximum Gasteiger partial charge on any atom is 0.337 e. The normalized spacial score (nSPS) is 15.4. The average molecular weight is 263 g/mol. The second-order valence-electron chi connectivity index (χ2n) is 3.69. The molecule has 1 amide bonds. The van der Waals surface area contributed by atoms with Crippen molar-refractivity contribution in [2.45, 2.75) is 6.92 Å². The molecule has 5 heteroatoms. The Kier molecular flexibility index (Phi) is 3.72. The molecule has 0 bridgehead atoms. The molecule has 94 valence electrons. The number of anilines is 1. The Labute approximate surface area is 109 Å². The van der Waals surface area contributed by atoms with Crippen molar-refractivity contribution in [1.82, 2.24) is 0 Å². The number of nitrogens with one attached hydrogen (secondary N) is 1. The van der Waals surface area contributed by atoms with E-state index < -0.39 is 5.97 Å². The molecule has 2 rings (SSSR count). The number of methoxy groups -OCH3 is 1. The van der Waals surface area contributed by atoms with E-state index in [0.717, 1.165) is 17.0 Å². The van der Waals surface area contributed by atoms with E-state index in [4.69, 9.17) is 0 Å². The fourth-order valence-corrected chi connectivity index (χ4v) is 2.28. The van der Waals surface area contributed by atoms with Crippen LogP contribution in [0.15, 0.2) is 23.6 Å². The molecule has 1 aliphatic rings. The van der Waals surface area contributed by atoms with E-state index in [1.165, 1.54) is 7.11 Å². The molecule has 0 radical (unpaired) electrons. The van der Waals surface area contributed by atoms with Crippen LogP contribution in [0.3, 0.4) is 0 Å². The van der Waals surface area contributed by atoms with Gasteiger partial charge in [0.15, 0.2) is 0 Å². The van der Waals surface area contributed by atoms with Crippen LogP contribution in [-0.4, -0.2) is 24.7 Å². The van der Waals surface area contributed by atoms with Gasteiger partial charge >= 0.3 is 5.97 Å². The monoisotopic (exact) mass is 263 g/mol. The summed E-state index contributed by atoms with van der Waals surface area (Å²) in [5.74, 6) is 0.357. The Morgan fingerprint density at radius 2 is 2.28 bits per heavy atom. The summed E-state index contributed by atoms with van der Waals surface area (Å²) in [4.78, 5) is 23.2. The highest BCUT2D eigenvalue weighted by atomic mass is 32.2. The molecule has 1 N–H and O–H groups in total. The zero-order chi connectivity index (χ0) is 13.1. The molecule has 0 saturated carbocycles. The minimum absolute atomic E-state index is 0.132. The lowest BCUT2D eigenvalue weighted by atomic mass is 10.1. The van der Waals surface area contributed by atoms with Crippen LogP contribution in [0, 0.1) is 0 Å². The average Bonchev–Trinajstić information content (AvgIpc) is 2.70. The molecule has 0 spiro atoms. The summed E-state index contributed by atoms with van der Waals surface area (Å²) in [5.41, 5.74) is 2.53. The maximum absolute atomic E-state index is 11.8. The minimum atomic E-state index is -0.403. The molecule has 0 unspecified atom stereocenters. The van der Waals surface area contributed by atoms with Crippen LogP contribution in [0.5, 0.6) is 0 Å². The van der Waals surface area contributed by atoms with E-state index in [2.05, 4.69) is 10.1 Å². The molecule has 0 fully saturated rings. The van der Waals surface area contributed by atoms with Crippen LogP contribution in [0.2, 0.25) is 0 Å². The first kappa shape index (κ1) is 12.7. The van der Waals surface area contributed by atoms with Crippen LogP contribution >= 0.6 is 11.8 Å². The number of amides is 1. The van der Waals surface area contributed by atoms with Crippen LogP contribution < -0.4 is 5.32 Å². The summed E-state index contributed by atoms with van der Waals surface area (Å²) in [7, 11) is 1.34. The number of thioether (sulfide) groups is 1. The summed E-state index contributed by atoms with van der Waals surface area (Å²) in [6.45, 7) is 2.01. The van der Waals surface area contributed by atoms with Gasteiger partial charge in [-0.2, -0.15) is 0 Å². The van der Waals surface area contributed by atoms with Gasteiger partial charge in [0.2, 0.25) is 0 Å². The Hall–Kier alpha value is -1.75. The number of ether oxygens (including phenoxy) is 1. The number of esters is 1. The summed E-state index contributed by atoms with van der Waals surface area (Å²) in [5, 5.41) is 4.59. The fourth-order valence-electron chi connectivity index (χ4n) is 1.72. The lowest BCUT2D eigenvalue weighted by molar-refractivity contribution is -0.110. The number of carbonyl (C=O) groups is 2. The van der Waals surface area contributed by atoms with Crippen molar-refractivity contribution in [1.29, 1.82) is 0 Å². The van der Waals surface area contributed by atoms with Gasteiger partial charge in [-0.25, -0.2) is 4.79 Å². The molecule has 1 aromatic carbocycles. The quantitative estimate of drug-likeness (QED) is 0.672. The smallest absolute Gasteiger partial charge is 0.337 e. The summed E-state index contributed by atoms with van der Waals surface area (Å²) < 4.78 is 4.67. The summed E-state index contributed by atoms with van der Waals surface area (Å²) >= 11 is 1.55. The van der Waals surface area contributed by atoms with Gasteiger partial charge in [-0.1, -0.05) is 6.92 Å². The Morgan fingerprint density at radius 1 is 1.50 bits per heavy atom. The summed E-state index contributed by atoms with van der Waals surface area (Å²) in [6.07, 6.45) is 0. The second-order valence-corrected chi connectivity index (χ2v) is 4.84. The van der Waals surface area contributed by atoms with Crippen molar-refractivity contribution in [3.63, 3.8) is 0 Å². The Bertz CT molecular complexity index is 537. The molecular formula is C13H13NO3S. The molecule has 4 nitrogen and oxygen atoms in total. The lowest BCUT2D eigenvalue weighted by Crippen LogP contribution is -2.03. The third-order valence-electron chi connectivity index (χ3n) is 2.59. The van der Waals surface area contributed by atoms with Crippen LogP contribution in [0.25, 0.3) is 5.57 Å². The van der Waals surface area contributed by atoms with Crippen molar-refractivity contribution in [2.24, 2.45) is 0 Å². The lowest BCUT2D eigenvalue weighted by Gasteiger charge is -2.02. The maximum atomic E-state index is 11.8. The van der Waals surface area contributed by atoms with Crippen LogP contribution in [0.4, 0.5) is 5.69 Å². The van der Waals surface area contributed by atoms with Crippen LogP contribution in [0.1, 0.15) is 22.8 Å². The van der Waals surface area contributed by atoms with Gasteiger partial charge in [0.25, 0.3) is 5.91 Å². The first-order valence-corrected chi connectivity index (χ1v) is 6.58. The highest BCUT2D eigenvalue weighted by molar-refractivity contribution is 8.02. The number of carbonyl (C=O) groups excluding carboxylic acids is 2. The van der Waals surface area contributed by atoms with E-state index in [1.54, 1.807) is 30.0 Å². The SMILES string of the molecule is CCSC=C1C(=O)Nc2ccc(C(=O)OC)cc21. The second kappa shape index (κ2) is 5.27. The highest BCUT2D eigenvalue weighted by Gasteiger charge is 2.25. The first-order chi connectivity index (χ1) is 8.67. The first-order valence-electron chi connectivity index (χ1n) is 5.53. The highest BCUT2D eigenvalue weighted by Crippen LogP contribution is 2.33. The number of fused-ring (bicyclic) bond motifs is 1. The number of hydrogen-bond donors (Lipinski definition) is 1. The van der Waals surface area contributed by atoms with E-state index >= 15 is 0 Å². The Balaban J connectivity index is 2.43. The molecule has 18 heavy (non-hydrogen) atoms. The topological polar surface area (TPSA) is 55.4 Å². The van der Waals surface area contributed by atoms with E-state index in [0.29, 0.717) is 11.1 Å². The molecule has 1 heterocycles. The van der Waals surface area contributed by atoms with Crippen molar-refractivity contribution in [3.8, 4) is 0 Å². The zero-order valence-corrected chi connectivity index (χ0v) is 11.0. The number of hydrogen-bond acceptors (Lipinski definition) is 4. The standard InChI is InChI=1S/C13H13NO3S/c1-3-18-7-10-9-6-8(13(16)17-2)4-5-11(9)14-12(10)15/h4-7H,3H2,1-2H3,(H,14,15). The van der Waals surface area contributed by atoms with Crippen LogP contribution in [-0.2, 0) is 9.53 Å². The van der Waals surface area contributed by atoms with E-state index in [9.17, 15) is 9.59 Å². The van der Waals surface area contributed by atoms with Gasteiger partial charge in [0.05, 0.1) is 18.2 Å². The Morgan fingerprint density at radius 3 is 2.94 bits per heavy atom. The minimum Gasteiger partial charge on any atom is -0.465 e. The number of rotatable bonds is 3. The van der Waals surface area contributed by atoms with Gasteiger partial charge < -0.3 is 10.1 Å². The third-order valence-corrected chi connectivity index (χ3v) is 3.33. The molecule has 0 saturated heterocycles. The molecule has 1 aromatic rings. The van der Waals surface area contributed by atoms with Crippen molar-refractivity contribution < 1.29 is 14.3 Å².